The lowest BCUT2D eigenvalue weighted by Gasteiger charge is -2.33. The number of para-hydroxylation sites is 2. The highest BCUT2D eigenvalue weighted by Gasteiger charge is 2.32. The van der Waals surface area contributed by atoms with Crippen LogP contribution in [0.15, 0.2) is 84.9 Å². The van der Waals surface area contributed by atoms with Gasteiger partial charge in [0.1, 0.15) is 6.04 Å². The molecule has 2 amide bonds. The van der Waals surface area contributed by atoms with Gasteiger partial charge in [0.2, 0.25) is 5.91 Å². The van der Waals surface area contributed by atoms with Crippen molar-refractivity contribution in [2.45, 2.75) is 57.2 Å². The Kier molecular flexibility index (Phi) is 9.58. The van der Waals surface area contributed by atoms with Crippen molar-refractivity contribution in [2.24, 2.45) is 0 Å². The fourth-order valence-corrected chi connectivity index (χ4v) is 4.84. The third-order valence-electron chi connectivity index (χ3n) is 6.84. The summed E-state index contributed by atoms with van der Waals surface area (Å²) in [6.45, 7) is 0.111. The van der Waals surface area contributed by atoms with Crippen LogP contribution in [-0.4, -0.2) is 42.5 Å². The number of benzene rings is 3. The van der Waals surface area contributed by atoms with Crippen LogP contribution in [0.25, 0.3) is 0 Å². The Labute approximate surface area is 219 Å². The van der Waals surface area contributed by atoms with Gasteiger partial charge in [-0.2, -0.15) is 0 Å². The topological polar surface area (TPSA) is 67.9 Å². The highest BCUT2D eigenvalue weighted by atomic mass is 16.5. The summed E-state index contributed by atoms with van der Waals surface area (Å²) in [4.78, 5) is 29.2. The molecule has 0 radical (unpaired) electrons. The Morgan fingerprint density at radius 2 is 1.43 bits per heavy atom. The molecule has 1 atom stereocenters. The van der Waals surface area contributed by atoms with E-state index in [0.717, 1.165) is 36.8 Å². The van der Waals surface area contributed by atoms with Crippen LogP contribution < -0.4 is 14.8 Å². The van der Waals surface area contributed by atoms with Crippen LogP contribution in [0.3, 0.4) is 0 Å². The average molecular weight is 501 g/mol. The molecule has 194 valence electrons. The van der Waals surface area contributed by atoms with Gasteiger partial charge in [-0.1, -0.05) is 92.1 Å². The van der Waals surface area contributed by atoms with E-state index < -0.39 is 6.04 Å². The Morgan fingerprint density at radius 3 is 2.08 bits per heavy atom. The van der Waals surface area contributed by atoms with E-state index >= 15 is 0 Å². The lowest BCUT2D eigenvalue weighted by molar-refractivity contribution is -0.143. The molecule has 1 fully saturated rings. The largest absolute Gasteiger partial charge is 0.493 e. The maximum absolute atomic E-state index is 13.8. The first-order valence-electron chi connectivity index (χ1n) is 13.1. The minimum Gasteiger partial charge on any atom is -0.493 e. The molecule has 0 aromatic heterocycles. The fourth-order valence-electron chi connectivity index (χ4n) is 4.84. The number of carbonyl (C=O) groups excluding carboxylic acids is 2. The third kappa shape index (κ3) is 7.59. The summed E-state index contributed by atoms with van der Waals surface area (Å²) in [7, 11) is 1.57. The number of nitrogens with zero attached hydrogens (tertiary/aromatic N) is 1. The first-order chi connectivity index (χ1) is 18.1. The van der Waals surface area contributed by atoms with Gasteiger partial charge in [0.15, 0.2) is 18.1 Å². The normalized spacial score (nSPS) is 14.4. The molecule has 0 saturated heterocycles. The zero-order valence-corrected chi connectivity index (χ0v) is 21.5. The lowest BCUT2D eigenvalue weighted by Crippen LogP contribution is -2.53. The van der Waals surface area contributed by atoms with Crippen LogP contribution in [0.1, 0.15) is 43.2 Å². The molecule has 4 rings (SSSR count). The monoisotopic (exact) mass is 500 g/mol. The number of hydrogen-bond acceptors (Lipinski definition) is 4. The van der Waals surface area contributed by atoms with Gasteiger partial charge in [0, 0.05) is 19.0 Å². The van der Waals surface area contributed by atoms with Gasteiger partial charge >= 0.3 is 0 Å². The number of amides is 2. The van der Waals surface area contributed by atoms with E-state index in [4.69, 9.17) is 9.47 Å². The Hall–Kier alpha value is -3.80. The molecule has 1 aliphatic carbocycles. The molecule has 1 aliphatic rings. The molecular formula is C31H36N2O4. The third-order valence-corrected chi connectivity index (χ3v) is 6.84. The molecule has 6 heteroatoms. The van der Waals surface area contributed by atoms with Crippen LogP contribution in [0, 0.1) is 0 Å². The first-order valence-corrected chi connectivity index (χ1v) is 13.1. The molecule has 3 aromatic rings. The van der Waals surface area contributed by atoms with Crippen LogP contribution in [0.4, 0.5) is 0 Å². The van der Waals surface area contributed by atoms with Crippen LogP contribution in [-0.2, 0) is 22.6 Å². The minimum atomic E-state index is -0.668. The summed E-state index contributed by atoms with van der Waals surface area (Å²) in [6, 6.07) is 26.4. The minimum absolute atomic E-state index is 0.114. The lowest BCUT2D eigenvalue weighted by atomic mass is 9.94. The highest BCUT2D eigenvalue weighted by molar-refractivity contribution is 5.88. The number of rotatable bonds is 11. The number of methoxy groups -OCH3 is 1. The van der Waals surface area contributed by atoms with Crippen molar-refractivity contribution in [3.05, 3.63) is 96.1 Å². The summed E-state index contributed by atoms with van der Waals surface area (Å²) < 4.78 is 11.3. The van der Waals surface area contributed by atoms with Crippen LogP contribution >= 0.6 is 0 Å². The van der Waals surface area contributed by atoms with Crippen molar-refractivity contribution in [2.75, 3.05) is 13.7 Å². The van der Waals surface area contributed by atoms with Crippen molar-refractivity contribution in [3.8, 4) is 11.5 Å². The second kappa shape index (κ2) is 13.5. The van der Waals surface area contributed by atoms with Gasteiger partial charge in [-0.05, 0) is 36.1 Å². The molecule has 1 saturated carbocycles. The van der Waals surface area contributed by atoms with E-state index in [9.17, 15) is 9.59 Å². The standard InChI is InChI=1S/C31H36N2O4/c1-36-28-19-11-12-20-29(28)37-23-30(34)33(22-25-15-7-3-8-16-25)27(21-24-13-5-2-6-14-24)31(35)32-26-17-9-4-10-18-26/h2-3,5-8,11-16,19-20,26-27H,4,9-10,17-18,21-23H2,1H3,(H,32,35)/t27-/m0/s1. The number of ether oxygens (including phenoxy) is 2. The maximum atomic E-state index is 13.8. The van der Waals surface area contributed by atoms with E-state index in [1.807, 2.05) is 72.8 Å². The summed E-state index contributed by atoms with van der Waals surface area (Å²) in [5.41, 5.74) is 1.96. The molecule has 0 unspecified atom stereocenters. The molecule has 6 nitrogen and oxygen atoms in total. The summed E-state index contributed by atoms with van der Waals surface area (Å²) in [5, 5.41) is 3.26. The molecule has 3 aromatic carbocycles. The van der Waals surface area contributed by atoms with Crippen molar-refractivity contribution < 1.29 is 19.1 Å². The average Bonchev–Trinajstić information content (AvgIpc) is 2.95. The van der Waals surface area contributed by atoms with E-state index in [2.05, 4.69) is 5.32 Å². The van der Waals surface area contributed by atoms with Crippen molar-refractivity contribution in [1.82, 2.24) is 10.2 Å². The molecule has 0 bridgehead atoms. The van der Waals surface area contributed by atoms with Gasteiger partial charge < -0.3 is 19.7 Å². The summed E-state index contributed by atoms with van der Waals surface area (Å²) in [5.74, 6) is 0.678. The van der Waals surface area contributed by atoms with E-state index in [0.29, 0.717) is 24.5 Å². The second-order valence-corrected chi connectivity index (χ2v) is 9.50. The van der Waals surface area contributed by atoms with Gasteiger partial charge in [0.25, 0.3) is 5.91 Å². The Bertz CT molecular complexity index is 1130. The van der Waals surface area contributed by atoms with Crippen molar-refractivity contribution in [3.63, 3.8) is 0 Å². The Morgan fingerprint density at radius 1 is 0.838 bits per heavy atom. The number of nitrogens with one attached hydrogen (secondary N) is 1. The molecule has 1 N–H and O–H groups in total. The van der Waals surface area contributed by atoms with Gasteiger partial charge in [0.05, 0.1) is 7.11 Å². The predicted octanol–water partition coefficient (Wildman–Crippen LogP) is 5.16. The summed E-state index contributed by atoms with van der Waals surface area (Å²) >= 11 is 0. The molecular weight excluding hydrogens is 464 g/mol. The molecule has 0 heterocycles. The van der Waals surface area contributed by atoms with Crippen LogP contribution in [0.2, 0.25) is 0 Å². The highest BCUT2D eigenvalue weighted by Crippen LogP contribution is 2.26. The van der Waals surface area contributed by atoms with Gasteiger partial charge in [-0.25, -0.2) is 0 Å². The quantitative estimate of drug-likeness (QED) is 0.395. The van der Waals surface area contributed by atoms with Gasteiger partial charge in [-0.3, -0.25) is 9.59 Å². The molecule has 0 aliphatic heterocycles. The Balaban J connectivity index is 1.60. The van der Waals surface area contributed by atoms with E-state index in [-0.39, 0.29) is 24.5 Å². The number of hydrogen-bond donors (Lipinski definition) is 1. The van der Waals surface area contributed by atoms with Gasteiger partial charge in [-0.15, -0.1) is 0 Å². The zero-order chi connectivity index (χ0) is 25.9. The zero-order valence-electron chi connectivity index (χ0n) is 21.5. The fraction of sp³-hybridized carbons (Fsp3) is 0.355. The van der Waals surface area contributed by atoms with Crippen LogP contribution in [0.5, 0.6) is 11.5 Å². The summed E-state index contributed by atoms with van der Waals surface area (Å²) in [6.07, 6.45) is 5.83. The van der Waals surface area contributed by atoms with E-state index in [1.54, 1.807) is 24.1 Å². The van der Waals surface area contributed by atoms with E-state index in [1.165, 1.54) is 6.42 Å². The van der Waals surface area contributed by atoms with Crippen molar-refractivity contribution in [1.29, 1.82) is 0 Å². The van der Waals surface area contributed by atoms with Crippen molar-refractivity contribution >= 4 is 11.8 Å². The first kappa shape index (κ1) is 26.3. The number of carbonyl (C=O) groups is 2. The second-order valence-electron chi connectivity index (χ2n) is 9.50. The maximum Gasteiger partial charge on any atom is 0.261 e. The molecule has 37 heavy (non-hydrogen) atoms. The molecule has 0 spiro atoms. The predicted molar refractivity (Wildman–Crippen MR) is 144 cm³/mol. The SMILES string of the molecule is COc1ccccc1OCC(=O)N(Cc1ccccc1)[C@@H](Cc1ccccc1)C(=O)NC1CCCCC1. The smallest absolute Gasteiger partial charge is 0.261 e.